The van der Waals surface area contributed by atoms with Gasteiger partial charge in [0.25, 0.3) is 0 Å². The fraction of sp³-hybridized carbons (Fsp3) is 0.625. The Morgan fingerprint density at radius 2 is 2.10 bits per heavy atom. The number of halogens is 1. The first-order valence-electron chi connectivity index (χ1n) is 7.43. The number of benzene rings is 1. The molecule has 0 bridgehead atoms. The Hall–Kier alpha value is -1.13. The second kappa shape index (κ2) is 7.04. The van der Waals surface area contributed by atoms with Crippen LogP contribution in [0.2, 0.25) is 0 Å². The van der Waals surface area contributed by atoms with E-state index in [-0.39, 0.29) is 17.7 Å². The number of aliphatic hydroxyl groups excluding tert-OH is 1. The lowest BCUT2D eigenvalue weighted by atomic mass is 9.95. The first-order chi connectivity index (χ1) is 9.56. The third-order valence-corrected chi connectivity index (χ3v) is 3.66. The summed E-state index contributed by atoms with van der Waals surface area (Å²) in [5.74, 6) is -0.116. The van der Waals surface area contributed by atoms with Crippen molar-refractivity contribution < 1.29 is 14.2 Å². The molecule has 2 atom stereocenters. The number of ether oxygens (including phenoxy) is 1. The summed E-state index contributed by atoms with van der Waals surface area (Å²) in [5, 5.41) is 13.1. The molecule has 1 aromatic carbocycles. The Morgan fingerprint density at radius 3 is 2.75 bits per heavy atom. The van der Waals surface area contributed by atoms with Crippen LogP contribution in [0.5, 0.6) is 5.75 Å². The Morgan fingerprint density at radius 1 is 1.35 bits per heavy atom. The monoisotopic (exact) mass is 281 g/mol. The summed E-state index contributed by atoms with van der Waals surface area (Å²) in [6, 6.07) is 5.39. The zero-order valence-corrected chi connectivity index (χ0v) is 12.2. The van der Waals surface area contributed by atoms with Crippen molar-refractivity contribution in [3.63, 3.8) is 0 Å². The van der Waals surface area contributed by atoms with Crippen LogP contribution in [-0.4, -0.2) is 23.4 Å². The van der Waals surface area contributed by atoms with Gasteiger partial charge in [-0.3, -0.25) is 0 Å². The fourth-order valence-electron chi connectivity index (χ4n) is 2.45. The summed E-state index contributed by atoms with van der Waals surface area (Å²) in [4.78, 5) is 0. The predicted octanol–water partition coefficient (Wildman–Crippen LogP) is 3.01. The molecule has 2 rings (SSSR count). The Labute approximate surface area is 120 Å². The molecule has 0 amide bonds. The molecule has 1 saturated carbocycles. The maximum absolute atomic E-state index is 14.0. The minimum Gasteiger partial charge on any atom is -0.485 e. The SMILES string of the molecule is CC(C)NCc1ccc(OC2CCCCC2O)c(F)c1. The van der Waals surface area contributed by atoms with E-state index in [0.717, 1.165) is 31.2 Å². The number of aliphatic hydroxyl groups is 1. The Balaban J connectivity index is 1.98. The van der Waals surface area contributed by atoms with Gasteiger partial charge in [0.1, 0.15) is 6.10 Å². The molecule has 3 nitrogen and oxygen atoms in total. The van der Waals surface area contributed by atoms with Crippen molar-refractivity contribution in [2.75, 3.05) is 0 Å². The first-order valence-corrected chi connectivity index (χ1v) is 7.43. The zero-order chi connectivity index (χ0) is 14.5. The largest absolute Gasteiger partial charge is 0.485 e. The van der Waals surface area contributed by atoms with Crippen LogP contribution < -0.4 is 10.1 Å². The van der Waals surface area contributed by atoms with Gasteiger partial charge in [-0.15, -0.1) is 0 Å². The van der Waals surface area contributed by atoms with Crippen molar-refractivity contribution in [1.82, 2.24) is 5.32 Å². The van der Waals surface area contributed by atoms with Crippen LogP contribution in [0.15, 0.2) is 18.2 Å². The van der Waals surface area contributed by atoms with E-state index in [2.05, 4.69) is 19.2 Å². The normalized spacial score (nSPS) is 23.1. The van der Waals surface area contributed by atoms with Gasteiger partial charge in [-0.05, 0) is 37.0 Å². The maximum atomic E-state index is 14.0. The standard InChI is InChI=1S/C16H24FNO2/c1-11(2)18-10-12-7-8-15(13(17)9-12)20-16-6-4-3-5-14(16)19/h7-9,11,14,16,18-19H,3-6,10H2,1-2H3. The molecule has 1 aliphatic rings. The van der Waals surface area contributed by atoms with Crippen molar-refractivity contribution in [2.45, 2.75) is 64.3 Å². The minimum atomic E-state index is -0.481. The molecule has 0 heterocycles. The number of rotatable bonds is 5. The van der Waals surface area contributed by atoms with Gasteiger partial charge < -0.3 is 15.2 Å². The first kappa shape index (κ1) is 15.3. The van der Waals surface area contributed by atoms with Gasteiger partial charge in [-0.2, -0.15) is 0 Å². The lowest BCUT2D eigenvalue weighted by Crippen LogP contribution is -2.34. The van der Waals surface area contributed by atoms with E-state index in [9.17, 15) is 9.50 Å². The topological polar surface area (TPSA) is 41.5 Å². The van der Waals surface area contributed by atoms with E-state index >= 15 is 0 Å². The second-order valence-electron chi connectivity index (χ2n) is 5.81. The Bertz CT molecular complexity index is 436. The lowest BCUT2D eigenvalue weighted by molar-refractivity contribution is 0.00498. The van der Waals surface area contributed by atoms with Crippen LogP contribution >= 0.6 is 0 Å². The molecule has 2 N–H and O–H groups in total. The molecule has 1 aromatic rings. The highest BCUT2D eigenvalue weighted by atomic mass is 19.1. The van der Waals surface area contributed by atoms with Crippen LogP contribution in [0.1, 0.15) is 45.1 Å². The second-order valence-corrected chi connectivity index (χ2v) is 5.81. The number of hydrogen-bond acceptors (Lipinski definition) is 3. The van der Waals surface area contributed by atoms with Crippen LogP contribution in [-0.2, 0) is 6.54 Å². The predicted molar refractivity (Wildman–Crippen MR) is 77.3 cm³/mol. The van der Waals surface area contributed by atoms with E-state index in [0.29, 0.717) is 12.6 Å². The van der Waals surface area contributed by atoms with Gasteiger partial charge in [0.2, 0.25) is 0 Å². The average Bonchev–Trinajstić information content (AvgIpc) is 2.41. The molecule has 0 radical (unpaired) electrons. The van der Waals surface area contributed by atoms with E-state index in [1.807, 2.05) is 6.07 Å². The van der Waals surface area contributed by atoms with Crippen LogP contribution in [0.4, 0.5) is 4.39 Å². The van der Waals surface area contributed by atoms with Crippen LogP contribution in [0.3, 0.4) is 0 Å². The molecule has 0 spiro atoms. The fourth-order valence-corrected chi connectivity index (χ4v) is 2.45. The third-order valence-electron chi connectivity index (χ3n) is 3.66. The van der Waals surface area contributed by atoms with Crippen molar-refractivity contribution in [3.8, 4) is 5.75 Å². The highest BCUT2D eigenvalue weighted by Crippen LogP contribution is 2.26. The summed E-state index contributed by atoms with van der Waals surface area (Å²) >= 11 is 0. The van der Waals surface area contributed by atoms with E-state index in [1.165, 1.54) is 6.07 Å². The smallest absolute Gasteiger partial charge is 0.165 e. The third kappa shape index (κ3) is 4.18. The lowest BCUT2D eigenvalue weighted by Gasteiger charge is -2.28. The van der Waals surface area contributed by atoms with Crippen molar-refractivity contribution in [3.05, 3.63) is 29.6 Å². The minimum absolute atomic E-state index is 0.240. The molecular formula is C16H24FNO2. The van der Waals surface area contributed by atoms with Gasteiger partial charge in [0.15, 0.2) is 11.6 Å². The van der Waals surface area contributed by atoms with Crippen molar-refractivity contribution in [2.24, 2.45) is 0 Å². The molecule has 4 heteroatoms. The zero-order valence-electron chi connectivity index (χ0n) is 12.2. The summed E-state index contributed by atoms with van der Waals surface area (Å²) in [6.07, 6.45) is 2.81. The van der Waals surface area contributed by atoms with E-state index in [1.54, 1.807) is 6.07 Å². The molecule has 20 heavy (non-hydrogen) atoms. The van der Waals surface area contributed by atoms with Gasteiger partial charge in [0.05, 0.1) is 6.10 Å². The summed E-state index contributed by atoms with van der Waals surface area (Å²) in [6.45, 7) is 4.75. The molecule has 112 valence electrons. The van der Waals surface area contributed by atoms with Crippen molar-refractivity contribution >= 4 is 0 Å². The molecule has 1 aliphatic carbocycles. The Kier molecular flexibility index (Phi) is 5.38. The summed E-state index contributed by atoms with van der Waals surface area (Å²) < 4.78 is 19.7. The number of hydrogen-bond donors (Lipinski definition) is 2. The molecule has 0 saturated heterocycles. The average molecular weight is 281 g/mol. The summed E-state index contributed by atoms with van der Waals surface area (Å²) in [5.41, 5.74) is 0.896. The quantitative estimate of drug-likeness (QED) is 0.871. The van der Waals surface area contributed by atoms with E-state index < -0.39 is 6.10 Å². The molecule has 0 aliphatic heterocycles. The van der Waals surface area contributed by atoms with Gasteiger partial charge >= 0.3 is 0 Å². The number of nitrogens with one attached hydrogen (secondary N) is 1. The molecular weight excluding hydrogens is 257 g/mol. The highest BCUT2D eigenvalue weighted by molar-refractivity contribution is 5.29. The van der Waals surface area contributed by atoms with Crippen LogP contribution in [0.25, 0.3) is 0 Å². The van der Waals surface area contributed by atoms with E-state index in [4.69, 9.17) is 4.74 Å². The van der Waals surface area contributed by atoms with Crippen molar-refractivity contribution in [1.29, 1.82) is 0 Å². The maximum Gasteiger partial charge on any atom is 0.165 e. The van der Waals surface area contributed by atoms with Gasteiger partial charge in [0, 0.05) is 12.6 Å². The van der Waals surface area contributed by atoms with Gasteiger partial charge in [-0.1, -0.05) is 26.3 Å². The molecule has 0 aromatic heterocycles. The van der Waals surface area contributed by atoms with Gasteiger partial charge in [-0.25, -0.2) is 4.39 Å². The summed E-state index contributed by atoms with van der Waals surface area (Å²) in [7, 11) is 0. The molecule has 1 fully saturated rings. The highest BCUT2D eigenvalue weighted by Gasteiger charge is 2.25. The van der Waals surface area contributed by atoms with Crippen LogP contribution in [0, 0.1) is 5.82 Å². The molecule has 2 unspecified atom stereocenters.